The number of aliphatic hydroxyl groups is 1. The molecule has 108 valence electrons. The fraction of sp³-hybridized carbons (Fsp3) is 0.200. The predicted octanol–water partition coefficient (Wildman–Crippen LogP) is 2.15. The fourth-order valence-corrected chi connectivity index (χ4v) is 2.30. The van der Waals surface area contributed by atoms with Crippen LogP contribution in [0.3, 0.4) is 0 Å². The molecule has 0 bridgehead atoms. The Kier molecular flexibility index (Phi) is 3.53. The van der Waals surface area contributed by atoms with Crippen LogP contribution in [-0.4, -0.2) is 26.8 Å². The van der Waals surface area contributed by atoms with Crippen LogP contribution in [0.15, 0.2) is 43.0 Å². The Morgan fingerprint density at radius 1 is 1.38 bits per heavy atom. The molecule has 2 heterocycles. The van der Waals surface area contributed by atoms with E-state index in [1.807, 2.05) is 0 Å². The number of halogens is 1. The highest BCUT2D eigenvalue weighted by molar-refractivity contribution is 5.53. The molecule has 0 aliphatic carbocycles. The molecule has 0 aliphatic rings. The standard InChI is InChI=1S/C15H14FN3O2/c1-21-14-4-2-3-10(15(14)16)7-13(20)11-8-18-19-6-5-17-9-12(11)19/h2-6,8-9,13,20H,7H2,1H3. The molecule has 0 amide bonds. The molecule has 3 aromatic rings. The SMILES string of the molecule is COc1cccc(CC(O)c2cnn3ccncc23)c1F. The average Bonchev–Trinajstić information content (AvgIpc) is 2.93. The number of rotatable bonds is 4. The van der Waals surface area contributed by atoms with Crippen LogP contribution < -0.4 is 4.74 Å². The number of benzene rings is 1. The lowest BCUT2D eigenvalue weighted by Crippen LogP contribution is -2.04. The number of methoxy groups -OCH3 is 1. The van der Waals surface area contributed by atoms with Gasteiger partial charge in [0, 0.05) is 24.4 Å². The number of aliphatic hydroxyl groups excluding tert-OH is 1. The highest BCUT2D eigenvalue weighted by Crippen LogP contribution is 2.26. The predicted molar refractivity (Wildman–Crippen MR) is 74.6 cm³/mol. The van der Waals surface area contributed by atoms with Gasteiger partial charge in [-0.25, -0.2) is 8.91 Å². The number of hydrogen-bond donors (Lipinski definition) is 1. The van der Waals surface area contributed by atoms with E-state index in [-0.39, 0.29) is 12.2 Å². The first-order valence-electron chi connectivity index (χ1n) is 6.47. The van der Waals surface area contributed by atoms with Gasteiger partial charge in [0.05, 0.1) is 31.1 Å². The second-order valence-corrected chi connectivity index (χ2v) is 4.66. The van der Waals surface area contributed by atoms with Crippen molar-refractivity contribution in [2.75, 3.05) is 7.11 Å². The van der Waals surface area contributed by atoms with Gasteiger partial charge in [0.15, 0.2) is 11.6 Å². The molecule has 0 fully saturated rings. The summed E-state index contributed by atoms with van der Waals surface area (Å²) in [5.74, 6) is -0.283. The first kappa shape index (κ1) is 13.5. The van der Waals surface area contributed by atoms with Gasteiger partial charge in [0.25, 0.3) is 0 Å². The Morgan fingerprint density at radius 3 is 3.05 bits per heavy atom. The van der Waals surface area contributed by atoms with E-state index in [4.69, 9.17) is 4.74 Å². The molecule has 0 aliphatic heterocycles. The molecule has 1 N–H and O–H groups in total. The zero-order valence-electron chi connectivity index (χ0n) is 11.4. The van der Waals surface area contributed by atoms with Crippen molar-refractivity contribution < 1.29 is 14.2 Å². The fourth-order valence-electron chi connectivity index (χ4n) is 2.30. The number of fused-ring (bicyclic) bond motifs is 1. The van der Waals surface area contributed by atoms with Crippen LogP contribution in [0.25, 0.3) is 5.52 Å². The van der Waals surface area contributed by atoms with Crippen LogP contribution in [0, 0.1) is 5.82 Å². The van der Waals surface area contributed by atoms with Crippen molar-refractivity contribution in [2.24, 2.45) is 0 Å². The molecule has 6 heteroatoms. The van der Waals surface area contributed by atoms with E-state index in [0.717, 1.165) is 0 Å². The van der Waals surface area contributed by atoms with Crippen molar-refractivity contribution in [2.45, 2.75) is 12.5 Å². The highest BCUT2D eigenvalue weighted by atomic mass is 19.1. The van der Waals surface area contributed by atoms with Gasteiger partial charge in [-0.05, 0) is 11.6 Å². The molecule has 0 saturated heterocycles. The third kappa shape index (κ3) is 2.45. The monoisotopic (exact) mass is 287 g/mol. The molecule has 2 aromatic heterocycles. The summed E-state index contributed by atoms with van der Waals surface area (Å²) < 4.78 is 20.7. The Bertz CT molecular complexity index is 772. The van der Waals surface area contributed by atoms with Gasteiger partial charge in [-0.1, -0.05) is 12.1 Å². The van der Waals surface area contributed by atoms with Gasteiger partial charge in [-0.15, -0.1) is 0 Å². The molecule has 0 spiro atoms. The van der Waals surface area contributed by atoms with E-state index in [1.54, 1.807) is 47.5 Å². The minimum Gasteiger partial charge on any atom is -0.494 e. The maximum Gasteiger partial charge on any atom is 0.168 e. The summed E-state index contributed by atoms with van der Waals surface area (Å²) in [6, 6.07) is 4.87. The third-order valence-electron chi connectivity index (χ3n) is 3.39. The number of aromatic nitrogens is 3. The van der Waals surface area contributed by atoms with Crippen LogP contribution in [0.4, 0.5) is 4.39 Å². The normalized spacial score (nSPS) is 12.5. The Labute approximate surface area is 120 Å². The van der Waals surface area contributed by atoms with E-state index in [2.05, 4.69) is 10.1 Å². The van der Waals surface area contributed by atoms with Gasteiger partial charge in [-0.3, -0.25) is 4.98 Å². The molecule has 1 atom stereocenters. The quantitative estimate of drug-likeness (QED) is 0.799. The smallest absolute Gasteiger partial charge is 0.168 e. The third-order valence-corrected chi connectivity index (χ3v) is 3.39. The zero-order chi connectivity index (χ0) is 14.8. The second-order valence-electron chi connectivity index (χ2n) is 4.66. The minimum absolute atomic E-state index is 0.138. The Morgan fingerprint density at radius 2 is 2.24 bits per heavy atom. The van der Waals surface area contributed by atoms with Crippen LogP contribution in [0.1, 0.15) is 17.2 Å². The summed E-state index contributed by atoms with van der Waals surface area (Å²) in [7, 11) is 1.41. The van der Waals surface area contributed by atoms with Crippen molar-refractivity contribution >= 4 is 5.52 Å². The van der Waals surface area contributed by atoms with Crippen molar-refractivity contribution in [3.05, 3.63) is 59.9 Å². The molecule has 3 rings (SSSR count). The molecule has 1 aromatic carbocycles. The molecule has 0 saturated carbocycles. The minimum atomic E-state index is -0.867. The van der Waals surface area contributed by atoms with E-state index >= 15 is 0 Å². The first-order chi connectivity index (χ1) is 10.2. The van der Waals surface area contributed by atoms with Crippen molar-refractivity contribution in [3.8, 4) is 5.75 Å². The van der Waals surface area contributed by atoms with Gasteiger partial charge >= 0.3 is 0 Å². The molecular formula is C15H14FN3O2. The molecule has 21 heavy (non-hydrogen) atoms. The summed E-state index contributed by atoms with van der Waals surface area (Å²) in [5.41, 5.74) is 1.71. The topological polar surface area (TPSA) is 59.7 Å². The summed E-state index contributed by atoms with van der Waals surface area (Å²) in [4.78, 5) is 4.01. The van der Waals surface area contributed by atoms with Gasteiger partial charge in [-0.2, -0.15) is 5.10 Å². The maximum atomic E-state index is 14.1. The van der Waals surface area contributed by atoms with E-state index in [1.165, 1.54) is 7.11 Å². The van der Waals surface area contributed by atoms with E-state index in [0.29, 0.717) is 16.6 Å². The molecular weight excluding hydrogens is 273 g/mol. The maximum absolute atomic E-state index is 14.1. The summed E-state index contributed by atoms with van der Waals surface area (Å²) in [6.45, 7) is 0. The number of nitrogens with zero attached hydrogens (tertiary/aromatic N) is 3. The summed E-state index contributed by atoms with van der Waals surface area (Å²) in [6.07, 6.45) is 5.76. The molecule has 1 unspecified atom stereocenters. The van der Waals surface area contributed by atoms with Gasteiger partial charge in [0.1, 0.15) is 0 Å². The lowest BCUT2D eigenvalue weighted by molar-refractivity contribution is 0.178. The summed E-state index contributed by atoms with van der Waals surface area (Å²) in [5, 5.41) is 14.5. The summed E-state index contributed by atoms with van der Waals surface area (Å²) >= 11 is 0. The molecule has 0 radical (unpaired) electrons. The average molecular weight is 287 g/mol. The lowest BCUT2D eigenvalue weighted by Gasteiger charge is -2.11. The van der Waals surface area contributed by atoms with Crippen molar-refractivity contribution in [1.29, 1.82) is 0 Å². The van der Waals surface area contributed by atoms with Gasteiger partial charge in [0.2, 0.25) is 0 Å². The highest BCUT2D eigenvalue weighted by Gasteiger charge is 2.17. The van der Waals surface area contributed by atoms with E-state index in [9.17, 15) is 9.50 Å². The van der Waals surface area contributed by atoms with Crippen LogP contribution in [-0.2, 0) is 6.42 Å². The van der Waals surface area contributed by atoms with Crippen molar-refractivity contribution in [1.82, 2.24) is 14.6 Å². The second kappa shape index (κ2) is 5.49. The zero-order valence-corrected chi connectivity index (χ0v) is 11.4. The number of hydrogen-bond acceptors (Lipinski definition) is 4. The Balaban J connectivity index is 1.91. The lowest BCUT2D eigenvalue weighted by atomic mass is 10.0. The number of ether oxygens (including phenoxy) is 1. The van der Waals surface area contributed by atoms with Crippen LogP contribution in [0.5, 0.6) is 5.75 Å². The van der Waals surface area contributed by atoms with Crippen LogP contribution >= 0.6 is 0 Å². The molecule has 5 nitrogen and oxygen atoms in total. The first-order valence-corrected chi connectivity index (χ1v) is 6.47. The van der Waals surface area contributed by atoms with Gasteiger partial charge < -0.3 is 9.84 Å². The largest absolute Gasteiger partial charge is 0.494 e. The van der Waals surface area contributed by atoms with Crippen molar-refractivity contribution in [3.63, 3.8) is 0 Å². The van der Waals surface area contributed by atoms with E-state index < -0.39 is 11.9 Å². The Hall–Kier alpha value is -2.47. The van der Waals surface area contributed by atoms with Crippen LogP contribution in [0.2, 0.25) is 0 Å².